The highest BCUT2D eigenvalue weighted by molar-refractivity contribution is 5.55. The summed E-state index contributed by atoms with van der Waals surface area (Å²) in [5, 5.41) is 3.56. The molecule has 1 aromatic heterocycles. The predicted octanol–water partition coefficient (Wildman–Crippen LogP) is 1.52. The molecule has 4 nitrogen and oxygen atoms in total. The van der Waals surface area contributed by atoms with Gasteiger partial charge in [0.1, 0.15) is 11.6 Å². The van der Waals surface area contributed by atoms with Crippen LogP contribution in [0.15, 0.2) is 22.7 Å². The number of hydrogen-bond acceptors (Lipinski definition) is 4. The Labute approximate surface area is 90.1 Å². The molecule has 0 aliphatic carbocycles. The van der Waals surface area contributed by atoms with E-state index in [4.69, 9.17) is 10.3 Å². The Kier molecular flexibility index (Phi) is 2.91. The normalized spacial score (nSPS) is 10.7. The van der Waals surface area contributed by atoms with Crippen LogP contribution in [0, 0.1) is 11.6 Å². The van der Waals surface area contributed by atoms with Gasteiger partial charge in [-0.05, 0) is 18.2 Å². The van der Waals surface area contributed by atoms with Crippen LogP contribution in [0.5, 0.6) is 0 Å². The van der Waals surface area contributed by atoms with Gasteiger partial charge in [0.15, 0.2) is 0 Å². The van der Waals surface area contributed by atoms with Crippen LogP contribution in [0.2, 0.25) is 0 Å². The number of aromatic nitrogens is 2. The molecule has 0 saturated carbocycles. The summed E-state index contributed by atoms with van der Waals surface area (Å²) >= 11 is 0. The van der Waals surface area contributed by atoms with Crippen molar-refractivity contribution in [3.05, 3.63) is 35.7 Å². The van der Waals surface area contributed by atoms with Crippen LogP contribution < -0.4 is 5.73 Å². The number of nitrogens with two attached hydrogens (primary N) is 1. The number of halogens is 2. The summed E-state index contributed by atoms with van der Waals surface area (Å²) in [6.07, 6.45) is 0.407. The molecule has 0 fully saturated rings. The molecule has 84 valence electrons. The molecule has 1 heterocycles. The third-order valence-electron chi connectivity index (χ3n) is 2.00. The maximum Gasteiger partial charge on any atom is 0.228 e. The van der Waals surface area contributed by atoms with E-state index in [-0.39, 0.29) is 11.4 Å². The van der Waals surface area contributed by atoms with Gasteiger partial charge in [-0.2, -0.15) is 4.98 Å². The minimum absolute atomic E-state index is 0.0213. The highest BCUT2D eigenvalue weighted by atomic mass is 19.1. The SMILES string of the molecule is NCCc1nc(-c2cc(F)ccc2F)no1. The number of benzene rings is 1. The van der Waals surface area contributed by atoms with Crippen LogP contribution in [0.1, 0.15) is 5.89 Å². The smallest absolute Gasteiger partial charge is 0.228 e. The van der Waals surface area contributed by atoms with Crippen LogP contribution in [0.3, 0.4) is 0 Å². The Morgan fingerprint density at radius 3 is 2.88 bits per heavy atom. The fourth-order valence-corrected chi connectivity index (χ4v) is 1.26. The molecule has 0 aliphatic heterocycles. The van der Waals surface area contributed by atoms with Crippen molar-refractivity contribution in [3.63, 3.8) is 0 Å². The Morgan fingerprint density at radius 2 is 2.12 bits per heavy atom. The first-order valence-electron chi connectivity index (χ1n) is 4.69. The molecule has 2 aromatic rings. The van der Waals surface area contributed by atoms with Crippen molar-refractivity contribution < 1.29 is 13.3 Å². The zero-order chi connectivity index (χ0) is 11.5. The number of rotatable bonds is 3. The summed E-state index contributed by atoms with van der Waals surface area (Å²) in [5.74, 6) is -0.815. The number of hydrogen-bond donors (Lipinski definition) is 1. The zero-order valence-corrected chi connectivity index (χ0v) is 8.28. The van der Waals surface area contributed by atoms with Crippen molar-refractivity contribution in [2.24, 2.45) is 5.73 Å². The second-order valence-corrected chi connectivity index (χ2v) is 3.17. The molecular formula is C10H9F2N3O. The molecule has 2 rings (SSSR count). The van der Waals surface area contributed by atoms with Gasteiger partial charge < -0.3 is 10.3 Å². The molecule has 0 atom stereocenters. The first-order valence-corrected chi connectivity index (χ1v) is 4.69. The lowest BCUT2D eigenvalue weighted by Crippen LogP contribution is -2.02. The van der Waals surface area contributed by atoms with Crippen molar-refractivity contribution in [3.8, 4) is 11.4 Å². The van der Waals surface area contributed by atoms with Gasteiger partial charge in [-0.3, -0.25) is 0 Å². The first-order chi connectivity index (χ1) is 7.70. The summed E-state index contributed by atoms with van der Waals surface area (Å²) in [4.78, 5) is 3.91. The van der Waals surface area contributed by atoms with E-state index in [0.717, 1.165) is 18.2 Å². The Balaban J connectivity index is 2.38. The molecule has 0 aliphatic rings. The van der Waals surface area contributed by atoms with E-state index in [1.165, 1.54) is 0 Å². The molecule has 16 heavy (non-hydrogen) atoms. The van der Waals surface area contributed by atoms with E-state index < -0.39 is 11.6 Å². The minimum Gasteiger partial charge on any atom is -0.339 e. The molecule has 2 N–H and O–H groups in total. The quantitative estimate of drug-likeness (QED) is 0.860. The van der Waals surface area contributed by atoms with Gasteiger partial charge >= 0.3 is 0 Å². The van der Waals surface area contributed by atoms with Gasteiger partial charge in [0, 0.05) is 13.0 Å². The van der Waals surface area contributed by atoms with Crippen molar-refractivity contribution in [1.29, 1.82) is 0 Å². The van der Waals surface area contributed by atoms with E-state index in [1.54, 1.807) is 0 Å². The van der Waals surface area contributed by atoms with Gasteiger partial charge in [-0.1, -0.05) is 5.16 Å². The monoisotopic (exact) mass is 225 g/mol. The van der Waals surface area contributed by atoms with E-state index in [1.807, 2.05) is 0 Å². The lowest BCUT2D eigenvalue weighted by atomic mass is 10.2. The summed E-state index contributed by atoms with van der Waals surface area (Å²) in [7, 11) is 0. The fraction of sp³-hybridized carbons (Fsp3) is 0.200. The van der Waals surface area contributed by atoms with E-state index in [9.17, 15) is 8.78 Å². The van der Waals surface area contributed by atoms with E-state index >= 15 is 0 Å². The van der Waals surface area contributed by atoms with Gasteiger partial charge in [0.25, 0.3) is 0 Å². The molecule has 0 amide bonds. The van der Waals surface area contributed by atoms with Crippen molar-refractivity contribution >= 4 is 0 Å². The van der Waals surface area contributed by atoms with Crippen LogP contribution in [0.25, 0.3) is 11.4 Å². The van der Waals surface area contributed by atoms with Crippen molar-refractivity contribution in [2.45, 2.75) is 6.42 Å². The molecule has 0 saturated heterocycles. The first kappa shape index (κ1) is 10.7. The molecule has 6 heteroatoms. The molecule has 0 radical (unpaired) electrons. The fourth-order valence-electron chi connectivity index (χ4n) is 1.26. The van der Waals surface area contributed by atoms with E-state index in [2.05, 4.69) is 10.1 Å². The second kappa shape index (κ2) is 4.36. The minimum atomic E-state index is -0.596. The lowest BCUT2D eigenvalue weighted by Gasteiger charge is -1.96. The summed E-state index contributed by atoms with van der Waals surface area (Å²) < 4.78 is 31.1. The molecule has 0 bridgehead atoms. The van der Waals surface area contributed by atoms with Crippen LogP contribution in [0.4, 0.5) is 8.78 Å². The average Bonchev–Trinajstić information content (AvgIpc) is 2.71. The topological polar surface area (TPSA) is 64.9 Å². The van der Waals surface area contributed by atoms with Gasteiger partial charge in [-0.15, -0.1) is 0 Å². The Bertz CT molecular complexity index is 499. The number of nitrogens with zero attached hydrogens (tertiary/aromatic N) is 2. The van der Waals surface area contributed by atoms with E-state index in [0.29, 0.717) is 18.9 Å². The molecule has 0 spiro atoms. The third kappa shape index (κ3) is 2.06. The highest BCUT2D eigenvalue weighted by Gasteiger charge is 2.13. The predicted molar refractivity (Wildman–Crippen MR) is 52.4 cm³/mol. The Hall–Kier alpha value is -1.82. The second-order valence-electron chi connectivity index (χ2n) is 3.17. The molecular weight excluding hydrogens is 216 g/mol. The van der Waals surface area contributed by atoms with Gasteiger partial charge in [0.2, 0.25) is 11.7 Å². The maximum atomic E-state index is 13.3. The van der Waals surface area contributed by atoms with Crippen LogP contribution in [-0.4, -0.2) is 16.7 Å². The maximum absolute atomic E-state index is 13.3. The van der Waals surface area contributed by atoms with Crippen LogP contribution in [-0.2, 0) is 6.42 Å². The lowest BCUT2D eigenvalue weighted by molar-refractivity contribution is 0.380. The average molecular weight is 225 g/mol. The summed E-state index contributed by atoms with van der Waals surface area (Å²) in [6, 6.07) is 3.07. The van der Waals surface area contributed by atoms with Crippen molar-refractivity contribution in [1.82, 2.24) is 10.1 Å². The van der Waals surface area contributed by atoms with Crippen LogP contribution >= 0.6 is 0 Å². The zero-order valence-electron chi connectivity index (χ0n) is 8.28. The largest absolute Gasteiger partial charge is 0.339 e. The van der Waals surface area contributed by atoms with Gasteiger partial charge in [-0.25, -0.2) is 8.78 Å². The Morgan fingerprint density at radius 1 is 1.31 bits per heavy atom. The standard InChI is InChI=1S/C10H9F2N3O/c11-6-1-2-8(12)7(5-6)10-14-9(3-4-13)16-15-10/h1-2,5H,3-4,13H2. The summed E-state index contributed by atoms with van der Waals surface area (Å²) in [5.41, 5.74) is 5.28. The molecule has 1 aromatic carbocycles. The third-order valence-corrected chi connectivity index (χ3v) is 2.00. The van der Waals surface area contributed by atoms with Crippen molar-refractivity contribution in [2.75, 3.05) is 6.54 Å². The summed E-state index contributed by atoms with van der Waals surface area (Å²) in [6.45, 7) is 0.354. The highest BCUT2D eigenvalue weighted by Crippen LogP contribution is 2.20. The molecule has 0 unspecified atom stereocenters. The van der Waals surface area contributed by atoms with Gasteiger partial charge in [0.05, 0.1) is 5.56 Å².